The molecule has 0 aliphatic heterocycles. The van der Waals surface area contributed by atoms with E-state index in [1.54, 1.807) is 0 Å². The molecule has 6 heteroatoms. The summed E-state index contributed by atoms with van der Waals surface area (Å²) in [5, 5.41) is 3.00. The van der Waals surface area contributed by atoms with Crippen LogP contribution in [0.25, 0.3) is 0 Å². The minimum atomic E-state index is -2.98. The molecule has 0 saturated carbocycles. The standard InChI is InChI=1S/C11H13Cl2F2NO/c1-17-5-4-16-7-11(14,15)8-2-3-9(12)10(13)6-8/h2-3,6,16H,4-5,7H2,1H3. The molecule has 0 spiro atoms. The lowest BCUT2D eigenvalue weighted by molar-refractivity contribution is -0.00414. The van der Waals surface area contributed by atoms with Crippen LogP contribution in [0.5, 0.6) is 0 Å². The quantitative estimate of drug-likeness (QED) is 0.809. The summed E-state index contributed by atoms with van der Waals surface area (Å²) in [6, 6.07) is 3.82. The van der Waals surface area contributed by atoms with Gasteiger partial charge in [0.25, 0.3) is 5.92 Å². The Morgan fingerprint density at radius 2 is 2.00 bits per heavy atom. The summed E-state index contributed by atoms with van der Waals surface area (Å²) in [4.78, 5) is 0. The van der Waals surface area contributed by atoms with Crippen molar-refractivity contribution in [2.75, 3.05) is 26.8 Å². The number of rotatable bonds is 6. The average Bonchev–Trinajstić information content (AvgIpc) is 2.28. The third-order valence-electron chi connectivity index (χ3n) is 2.17. The van der Waals surface area contributed by atoms with E-state index in [1.807, 2.05) is 0 Å². The van der Waals surface area contributed by atoms with Gasteiger partial charge in [-0.25, -0.2) is 0 Å². The fourth-order valence-corrected chi connectivity index (χ4v) is 1.54. The highest BCUT2D eigenvalue weighted by Crippen LogP contribution is 2.32. The monoisotopic (exact) mass is 283 g/mol. The van der Waals surface area contributed by atoms with Crippen LogP contribution in [0.2, 0.25) is 10.0 Å². The van der Waals surface area contributed by atoms with E-state index in [0.29, 0.717) is 13.2 Å². The van der Waals surface area contributed by atoms with Crippen LogP contribution in [0.3, 0.4) is 0 Å². The first-order valence-corrected chi connectivity index (χ1v) is 5.76. The topological polar surface area (TPSA) is 21.3 Å². The van der Waals surface area contributed by atoms with Crippen molar-refractivity contribution in [3.8, 4) is 0 Å². The van der Waals surface area contributed by atoms with Gasteiger partial charge in [0.05, 0.1) is 23.2 Å². The zero-order chi connectivity index (χ0) is 12.9. The van der Waals surface area contributed by atoms with E-state index >= 15 is 0 Å². The molecule has 1 rings (SSSR count). The Hall–Kier alpha value is -0.420. The molecule has 1 aromatic rings. The molecule has 0 unspecified atom stereocenters. The third-order valence-corrected chi connectivity index (χ3v) is 2.91. The Morgan fingerprint density at radius 1 is 1.29 bits per heavy atom. The smallest absolute Gasteiger partial charge is 0.285 e. The first kappa shape index (κ1) is 14.6. The largest absolute Gasteiger partial charge is 0.383 e. The second-order valence-corrected chi connectivity index (χ2v) is 4.32. The van der Waals surface area contributed by atoms with Gasteiger partial charge < -0.3 is 10.1 Å². The average molecular weight is 284 g/mol. The van der Waals surface area contributed by atoms with E-state index in [9.17, 15) is 8.78 Å². The van der Waals surface area contributed by atoms with E-state index in [-0.39, 0.29) is 15.6 Å². The van der Waals surface area contributed by atoms with Crippen molar-refractivity contribution in [3.05, 3.63) is 33.8 Å². The summed E-state index contributed by atoms with van der Waals surface area (Å²) in [7, 11) is 1.51. The van der Waals surface area contributed by atoms with E-state index in [4.69, 9.17) is 27.9 Å². The summed E-state index contributed by atoms with van der Waals surface area (Å²) in [6.45, 7) is 0.291. The molecule has 2 nitrogen and oxygen atoms in total. The molecular weight excluding hydrogens is 271 g/mol. The highest BCUT2D eigenvalue weighted by Gasteiger charge is 2.31. The molecule has 0 aliphatic rings. The zero-order valence-corrected chi connectivity index (χ0v) is 10.8. The molecule has 96 valence electrons. The number of halogens is 4. The van der Waals surface area contributed by atoms with Crippen LogP contribution in [0, 0.1) is 0 Å². The second kappa shape index (κ2) is 6.50. The highest BCUT2D eigenvalue weighted by molar-refractivity contribution is 6.42. The SMILES string of the molecule is COCCNCC(F)(F)c1ccc(Cl)c(Cl)c1. The number of methoxy groups -OCH3 is 1. The number of nitrogens with one attached hydrogen (secondary N) is 1. The van der Waals surface area contributed by atoms with Gasteiger partial charge in [0.2, 0.25) is 0 Å². The summed E-state index contributed by atoms with van der Waals surface area (Å²) in [6.07, 6.45) is 0. The van der Waals surface area contributed by atoms with Gasteiger partial charge in [0, 0.05) is 19.2 Å². The second-order valence-electron chi connectivity index (χ2n) is 3.50. The Bertz CT molecular complexity index is 374. The van der Waals surface area contributed by atoms with Crippen molar-refractivity contribution in [3.63, 3.8) is 0 Å². The van der Waals surface area contributed by atoms with Crippen LogP contribution in [0.15, 0.2) is 18.2 Å². The summed E-state index contributed by atoms with van der Waals surface area (Å²) in [5.74, 6) is -2.98. The molecule has 0 saturated heterocycles. The molecule has 0 bridgehead atoms. The molecular formula is C11H13Cl2F2NO. The number of ether oxygens (including phenoxy) is 1. The number of hydrogen-bond donors (Lipinski definition) is 1. The van der Waals surface area contributed by atoms with Crippen molar-refractivity contribution in [2.45, 2.75) is 5.92 Å². The molecule has 17 heavy (non-hydrogen) atoms. The molecule has 0 aromatic heterocycles. The van der Waals surface area contributed by atoms with E-state index in [0.717, 1.165) is 0 Å². The molecule has 0 heterocycles. The fourth-order valence-electron chi connectivity index (χ4n) is 1.25. The summed E-state index contributed by atoms with van der Waals surface area (Å²) in [5.41, 5.74) is -0.156. The van der Waals surface area contributed by atoms with Crippen LogP contribution >= 0.6 is 23.2 Å². The van der Waals surface area contributed by atoms with Crippen molar-refractivity contribution >= 4 is 23.2 Å². The van der Waals surface area contributed by atoms with Crippen LogP contribution in [-0.4, -0.2) is 26.8 Å². The Kier molecular flexibility index (Phi) is 5.59. The van der Waals surface area contributed by atoms with Gasteiger partial charge in [0.1, 0.15) is 0 Å². The van der Waals surface area contributed by atoms with Gasteiger partial charge in [-0.1, -0.05) is 29.3 Å². The van der Waals surface area contributed by atoms with Crippen LogP contribution in [0.1, 0.15) is 5.56 Å². The molecule has 1 aromatic carbocycles. The summed E-state index contributed by atoms with van der Waals surface area (Å²) < 4.78 is 32.1. The highest BCUT2D eigenvalue weighted by atomic mass is 35.5. The Morgan fingerprint density at radius 3 is 2.59 bits per heavy atom. The number of hydrogen-bond acceptors (Lipinski definition) is 2. The fraction of sp³-hybridized carbons (Fsp3) is 0.455. The maximum absolute atomic E-state index is 13.7. The van der Waals surface area contributed by atoms with Crippen LogP contribution in [0.4, 0.5) is 8.78 Å². The lowest BCUT2D eigenvalue weighted by atomic mass is 10.1. The predicted molar refractivity (Wildman–Crippen MR) is 65.1 cm³/mol. The Labute approximate surface area is 109 Å². The van der Waals surface area contributed by atoms with E-state index < -0.39 is 12.5 Å². The molecule has 0 radical (unpaired) electrons. The normalized spacial score (nSPS) is 11.8. The van der Waals surface area contributed by atoms with Gasteiger partial charge in [-0.05, 0) is 12.1 Å². The van der Waals surface area contributed by atoms with Crippen LogP contribution < -0.4 is 5.32 Å². The Balaban J connectivity index is 2.64. The maximum atomic E-state index is 13.7. The molecule has 0 amide bonds. The molecule has 0 aliphatic carbocycles. The van der Waals surface area contributed by atoms with Gasteiger partial charge in [-0.3, -0.25) is 0 Å². The van der Waals surface area contributed by atoms with Gasteiger partial charge in [-0.15, -0.1) is 0 Å². The first-order chi connectivity index (χ1) is 7.97. The van der Waals surface area contributed by atoms with Gasteiger partial charge in [0.15, 0.2) is 0 Å². The summed E-state index contributed by atoms with van der Waals surface area (Å²) >= 11 is 11.4. The number of alkyl halides is 2. The molecule has 0 fully saturated rings. The maximum Gasteiger partial charge on any atom is 0.285 e. The predicted octanol–water partition coefficient (Wildman–Crippen LogP) is 3.32. The minimum Gasteiger partial charge on any atom is -0.383 e. The minimum absolute atomic E-state index is 0.126. The van der Waals surface area contributed by atoms with Crippen molar-refractivity contribution in [2.24, 2.45) is 0 Å². The number of benzene rings is 1. The van der Waals surface area contributed by atoms with Gasteiger partial charge in [-0.2, -0.15) is 8.78 Å². The zero-order valence-electron chi connectivity index (χ0n) is 9.27. The van der Waals surface area contributed by atoms with Gasteiger partial charge >= 0.3 is 0 Å². The first-order valence-electron chi connectivity index (χ1n) is 5.00. The third kappa shape index (κ3) is 4.39. The molecule has 1 N–H and O–H groups in total. The van der Waals surface area contributed by atoms with Crippen LogP contribution in [-0.2, 0) is 10.7 Å². The van der Waals surface area contributed by atoms with E-state index in [1.165, 1.54) is 25.3 Å². The van der Waals surface area contributed by atoms with Crippen molar-refractivity contribution in [1.82, 2.24) is 5.32 Å². The van der Waals surface area contributed by atoms with Crippen molar-refractivity contribution in [1.29, 1.82) is 0 Å². The molecule has 0 atom stereocenters. The van der Waals surface area contributed by atoms with E-state index in [2.05, 4.69) is 5.32 Å². The lowest BCUT2D eigenvalue weighted by Gasteiger charge is -2.17. The van der Waals surface area contributed by atoms with Crippen molar-refractivity contribution < 1.29 is 13.5 Å². The lowest BCUT2D eigenvalue weighted by Crippen LogP contribution is -2.32.